The number of hydrogen-bond acceptors (Lipinski definition) is 2. The Morgan fingerprint density at radius 3 is 2.68 bits per heavy atom. The number of hydrogen-bond donors (Lipinski definition) is 1. The Balaban J connectivity index is 2.00. The molecule has 1 aromatic rings. The van der Waals surface area contributed by atoms with Gasteiger partial charge in [0.2, 0.25) is 0 Å². The van der Waals surface area contributed by atoms with Gasteiger partial charge in [-0.25, -0.2) is 8.78 Å². The zero-order chi connectivity index (χ0) is 14.0. The van der Waals surface area contributed by atoms with E-state index in [0.29, 0.717) is 12.0 Å². The van der Waals surface area contributed by atoms with Crippen LogP contribution in [-0.4, -0.2) is 31.1 Å². The van der Waals surface area contributed by atoms with Crippen LogP contribution in [0.1, 0.15) is 31.9 Å². The minimum atomic E-state index is -0.788. The molecule has 1 aromatic carbocycles. The van der Waals surface area contributed by atoms with E-state index in [2.05, 4.69) is 24.2 Å². The van der Waals surface area contributed by atoms with Crippen molar-refractivity contribution >= 4 is 0 Å². The van der Waals surface area contributed by atoms with Crippen molar-refractivity contribution in [3.8, 4) is 0 Å². The van der Waals surface area contributed by atoms with Crippen LogP contribution in [0.15, 0.2) is 18.2 Å². The fourth-order valence-corrected chi connectivity index (χ4v) is 2.80. The molecule has 1 N–H and O–H groups in total. The first-order chi connectivity index (χ1) is 8.97. The molecule has 1 heterocycles. The zero-order valence-electron chi connectivity index (χ0n) is 11.8. The van der Waals surface area contributed by atoms with Crippen molar-refractivity contribution < 1.29 is 8.78 Å². The second-order valence-electron chi connectivity index (χ2n) is 5.70. The number of likely N-dealkylation sites (tertiary alicyclic amines) is 1. The molecule has 0 bridgehead atoms. The van der Waals surface area contributed by atoms with Crippen LogP contribution in [0, 0.1) is 17.6 Å². The molecule has 0 aliphatic carbocycles. The summed E-state index contributed by atoms with van der Waals surface area (Å²) in [6, 6.07) is 4.59. The first kappa shape index (κ1) is 14.4. The standard InChI is InChI=1S/C15H22F2N2/c1-10-9-19(3)7-6-15(10)18-11(2)12-4-5-13(16)14(17)8-12/h4-5,8,10-11,15,18H,6-7,9H2,1-3H3. The lowest BCUT2D eigenvalue weighted by Crippen LogP contribution is -2.47. The molecule has 1 aliphatic heterocycles. The molecule has 0 saturated carbocycles. The maximum atomic E-state index is 13.2. The summed E-state index contributed by atoms with van der Waals surface area (Å²) in [4.78, 5) is 2.32. The molecule has 3 atom stereocenters. The van der Waals surface area contributed by atoms with Crippen molar-refractivity contribution in [1.82, 2.24) is 10.2 Å². The van der Waals surface area contributed by atoms with Crippen LogP contribution in [-0.2, 0) is 0 Å². The summed E-state index contributed by atoms with van der Waals surface area (Å²) in [5.41, 5.74) is 0.796. The summed E-state index contributed by atoms with van der Waals surface area (Å²) in [6.07, 6.45) is 1.09. The van der Waals surface area contributed by atoms with Crippen LogP contribution in [0.2, 0.25) is 0 Å². The molecule has 1 aliphatic rings. The Labute approximate surface area is 113 Å². The van der Waals surface area contributed by atoms with E-state index in [0.717, 1.165) is 25.1 Å². The summed E-state index contributed by atoms with van der Waals surface area (Å²) in [5, 5.41) is 3.54. The van der Waals surface area contributed by atoms with Crippen molar-refractivity contribution in [1.29, 1.82) is 0 Å². The maximum Gasteiger partial charge on any atom is 0.159 e. The van der Waals surface area contributed by atoms with E-state index in [1.807, 2.05) is 6.92 Å². The van der Waals surface area contributed by atoms with Crippen LogP contribution in [0.3, 0.4) is 0 Å². The Hall–Kier alpha value is -1.00. The molecular weight excluding hydrogens is 246 g/mol. The Kier molecular flexibility index (Phi) is 4.53. The average Bonchev–Trinajstić information content (AvgIpc) is 2.36. The van der Waals surface area contributed by atoms with Crippen LogP contribution >= 0.6 is 0 Å². The van der Waals surface area contributed by atoms with E-state index in [-0.39, 0.29) is 6.04 Å². The minimum Gasteiger partial charge on any atom is -0.307 e. The summed E-state index contributed by atoms with van der Waals surface area (Å²) in [7, 11) is 2.13. The highest BCUT2D eigenvalue weighted by molar-refractivity contribution is 5.21. The molecule has 0 amide bonds. The van der Waals surface area contributed by atoms with Crippen LogP contribution in [0.25, 0.3) is 0 Å². The predicted molar refractivity (Wildman–Crippen MR) is 73.0 cm³/mol. The van der Waals surface area contributed by atoms with Crippen LogP contribution < -0.4 is 5.32 Å². The third-order valence-corrected chi connectivity index (χ3v) is 4.02. The highest BCUT2D eigenvalue weighted by atomic mass is 19.2. The van der Waals surface area contributed by atoms with E-state index < -0.39 is 11.6 Å². The van der Waals surface area contributed by atoms with Gasteiger partial charge >= 0.3 is 0 Å². The number of rotatable bonds is 3. The van der Waals surface area contributed by atoms with Crippen molar-refractivity contribution in [2.24, 2.45) is 5.92 Å². The van der Waals surface area contributed by atoms with Gasteiger partial charge in [-0.15, -0.1) is 0 Å². The fourth-order valence-electron chi connectivity index (χ4n) is 2.80. The molecule has 0 aromatic heterocycles. The molecule has 3 unspecified atom stereocenters. The largest absolute Gasteiger partial charge is 0.307 e. The van der Waals surface area contributed by atoms with Gasteiger partial charge in [0.25, 0.3) is 0 Å². The highest BCUT2D eigenvalue weighted by Gasteiger charge is 2.25. The summed E-state index contributed by atoms with van der Waals surface area (Å²) >= 11 is 0. The molecule has 19 heavy (non-hydrogen) atoms. The van der Waals surface area contributed by atoms with Crippen molar-refractivity contribution in [3.63, 3.8) is 0 Å². The second-order valence-corrected chi connectivity index (χ2v) is 5.70. The number of nitrogens with zero attached hydrogens (tertiary/aromatic N) is 1. The summed E-state index contributed by atoms with van der Waals surface area (Å²) in [5.74, 6) is -1.00. The molecule has 2 nitrogen and oxygen atoms in total. The number of benzene rings is 1. The molecular formula is C15H22F2N2. The molecule has 106 valence electrons. The van der Waals surface area contributed by atoms with Gasteiger partial charge in [0.15, 0.2) is 11.6 Å². The lowest BCUT2D eigenvalue weighted by Gasteiger charge is -2.37. The lowest BCUT2D eigenvalue weighted by molar-refractivity contribution is 0.168. The second kappa shape index (κ2) is 5.97. The third-order valence-electron chi connectivity index (χ3n) is 4.02. The molecule has 4 heteroatoms. The summed E-state index contributed by atoms with van der Waals surface area (Å²) in [6.45, 7) is 6.37. The van der Waals surface area contributed by atoms with Gasteiger partial charge in [-0.1, -0.05) is 13.0 Å². The fraction of sp³-hybridized carbons (Fsp3) is 0.600. The zero-order valence-corrected chi connectivity index (χ0v) is 11.8. The van der Waals surface area contributed by atoms with E-state index >= 15 is 0 Å². The van der Waals surface area contributed by atoms with Gasteiger partial charge < -0.3 is 10.2 Å². The first-order valence-corrected chi connectivity index (χ1v) is 6.87. The van der Waals surface area contributed by atoms with Crippen molar-refractivity contribution in [2.75, 3.05) is 20.1 Å². The third kappa shape index (κ3) is 3.51. The van der Waals surface area contributed by atoms with Gasteiger partial charge in [0.1, 0.15) is 0 Å². The number of halogens is 2. The van der Waals surface area contributed by atoms with Crippen LogP contribution in [0.4, 0.5) is 8.78 Å². The van der Waals surface area contributed by atoms with Gasteiger partial charge in [-0.2, -0.15) is 0 Å². The van der Waals surface area contributed by atoms with Crippen molar-refractivity contribution in [3.05, 3.63) is 35.4 Å². The highest BCUT2D eigenvalue weighted by Crippen LogP contribution is 2.21. The quantitative estimate of drug-likeness (QED) is 0.906. The van der Waals surface area contributed by atoms with E-state index in [9.17, 15) is 8.78 Å². The van der Waals surface area contributed by atoms with Crippen LogP contribution in [0.5, 0.6) is 0 Å². The molecule has 0 radical (unpaired) electrons. The van der Waals surface area contributed by atoms with Gasteiger partial charge in [0, 0.05) is 18.6 Å². The molecule has 2 rings (SSSR count). The molecule has 1 saturated heterocycles. The normalized spacial score (nSPS) is 26.4. The Morgan fingerprint density at radius 1 is 1.32 bits per heavy atom. The lowest BCUT2D eigenvalue weighted by atomic mass is 9.93. The Morgan fingerprint density at radius 2 is 2.05 bits per heavy atom. The first-order valence-electron chi connectivity index (χ1n) is 6.87. The van der Waals surface area contributed by atoms with E-state index in [1.165, 1.54) is 12.1 Å². The minimum absolute atomic E-state index is 0.0333. The van der Waals surface area contributed by atoms with Gasteiger partial charge in [0.05, 0.1) is 0 Å². The van der Waals surface area contributed by atoms with Gasteiger partial charge in [-0.3, -0.25) is 0 Å². The smallest absolute Gasteiger partial charge is 0.159 e. The number of nitrogens with one attached hydrogen (secondary N) is 1. The molecule has 0 spiro atoms. The Bertz CT molecular complexity index is 436. The maximum absolute atomic E-state index is 13.2. The van der Waals surface area contributed by atoms with E-state index in [1.54, 1.807) is 6.07 Å². The topological polar surface area (TPSA) is 15.3 Å². The van der Waals surface area contributed by atoms with Crippen molar-refractivity contribution in [2.45, 2.75) is 32.4 Å². The predicted octanol–water partition coefficient (Wildman–Crippen LogP) is 2.96. The van der Waals surface area contributed by atoms with Gasteiger partial charge in [-0.05, 0) is 50.6 Å². The molecule has 1 fully saturated rings. The summed E-state index contributed by atoms with van der Waals surface area (Å²) < 4.78 is 26.2. The van der Waals surface area contributed by atoms with E-state index in [4.69, 9.17) is 0 Å². The SMILES string of the molecule is CC(NC1CCN(C)CC1C)c1ccc(F)c(F)c1. The number of piperidine rings is 1. The average molecular weight is 268 g/mol. The monoisotopic (exact) mass is 268 g/mol.